The first kappa shape index (κ1) is 18.5. The van der Waals surface area contributed by atoms with Gasteiger partial charge in [-0.2, -0.15) is 0 Å². The second kappa shape index (κ2) is 7.96. The Morgan fingerprint density at radius 2 is 1.85 bits per heavy atom. The number of hydrogen-bond acceptors (Lipinski definition) is 3. The molecule has 0 radical (unpaired) electrons. The quantitative estimate of drug-likeness (QED) is 0.617. The molecule has 2 N–H and O–H groups in total. The van der Waals surface area contributed by atoms with E-state index in [-0.39, 0.29) is 11.3 Å². The number of carboxylic acids is 1. The lowest BCUT2D eigenvalue weighted by atomic mass is 9.95. The third-order valence-corrected chi connectivity index (χ3v) is 4.66. The van der Waals surface area contributed by atoms with E-state index in [1.54, 1.807) is 12.1 Å². The maximum absolute atomic E-state index is 11.8. The fourth-order valence-electron chi connectivity index (χ4n) is 3.29. The molecule has 0 aromatic heterocycles. The second-order valence-electron chi connectivity index (χ2n) is 6.35. The highest BCUT2D eigenvalue weighted by molar-refractivity contribution is 6.02. The Bertz CT molecular complexity index is 1000. The number of phenolic OH excluding ortho intramolecular Hbond substituents is 1. The van der Waals surface area contributed by atoms with E-state index in [1.165, 1.54) is 7.11 Å². The maximum atomic E-state index is 11.8. The molecule has 0 aliphatic carbocycles. The van der Waals surface area contributed by atoms with E-state index in [9.17, 15) is 15.0 Å². The van der Waals surface area contributed by atoms with Crippen LogP contribution in [0.25, 0.3) is 16.8 Å². The van der Waals surface area contributed by atoms with Gasteiger partial charge in [-0.05, 0) is 40.6 Å². The number of aromatic hydroxyl groups is 1. The monoisotopic (exact) mass is 362 g/mol. The van der Waals surface area contributed by atoms with Crippen LogP contribution in [-0.4, -0.2) is 23.3 Å². The molecule has 0 bridgehead atoms. The molecule has 0 amide bonds. The van der Waals surface area contributed by atoms with Gasteiger partial charge in [0.05, 0.1) is 7.11 Å². The Morgan fingerprint density at radius 3 is 2.48 bits per heavy atom. The number of benzene rings is 3. The summed E-state index contributed by atoms with van der Waals surface area (Å²) in [5.41, 5.74) is 2.90. The first-order chi connectivity index (χ1) is 13.0. The van der Waals surface area contributed by atoms with E-state index < -0.39 is 5.97 Å². The van der Waals surface area contributed by atoms with Crippen LogP contribution in [0.2, 0.25) is 0 Å². The third-order valence-electron chi connectivity index (χ3n) is 4.66. The Balaban J connectivity index is 2.21. The summed E-state index contributed by atoms with van der Waals surface area (Å²) in [4.78, 5) is 11.8. The molecule has 4 nitrogen and oxygen atoms in total. The van der Waals surface area contributed by atoms with Gasteiger partial charge in [0.25, 0.3) is 0 Å². The molecular formula is C23H22O4. The Morgan fingerprint density at radius 1 is 1.11 bits per heavy atom. The van der Waals surface area contributed by atoms with Crippen molar-refractivity contribution in [3.8, 4) is 11.5 Å². The SMILES string of the molecule is CCc1cccc2c(/C=C(\Cc3ccccc3)C(=O)O)cc(OC)c(O)c12. The molecule has 0 spiro atoms. The maximum Gasteiger partial charge on any atom is 0.331 e. The Labute approximate surface area is 158 Å². The smallest absolute Gasteiger partial charge is 0.331 e. The van der Waals surface area contributed by atoms with Crippen LogP contribution in [0.1, 0.15) is 23.6 Å². The van der Waals surface area contributed by atoms with Crippen molar-refractivity contribution in [1.82, 2.24) is 0 Å². The minimum Gasteiger partial charge on any atom is -0.504 e. The molecule has 0 saturated heterocycles. The largest absolute Gasteiger partial charge is 0.504 e. The van der Waals surface area contributed by atoms with E-state index in [0.717, 1.165) is 22.9 Å². The predicted molar refractivity (Wildman–Crippen MR) is 107 cm³/mol. The summed E-state index contributed by atoms with van der Waals surface area (Å²) in [6.07, 6.45) is 2.73. The van der Waals surface area contributed by atoms with Crippen molar-refractivity contribution in [3.05, 3.63) is 76.9 Å². The van der Waals surface area contributed by atoms with Gasteiger partial charge in [0.2, 0.25) is 0 Å². The lowest BCUT2D eigenvalue weighted by Crippen LogP contribution is -2.04. The van der Waals surface area contributed by atoms with E-state index >= 15 is 0 Å². The topological polar surface area (TPSA) is 66.8 Å². The Hall–Kier alpha value is -3.27. The average Bonchev–Trinajstić information content (AvgIpc) is 2.69. The minimum atomic E-state index is -0.967. The zero-order valence-electron chi connectivity index (χ0n) is 15.4. The molecule has 0 aliphatic rings. The summed E-state index contributed by atoms with van der Waals surface area (Å²) in [5, 5.41) is 21.8. The molecule has 0 saturated carbocycles. The van der Waals surface area contributed by atoms with Gasteiger partial charge in [0.15, 0.2) is 11.5 Å². The molecule has 0 fully saturated rings. The predicted octanol–water partition coefficient (Wildman–Crippen LogP) is 4.83. The van der Waals surface area contributed by atoms with Crippen molar-refractivity contribution in [3.63, 3.8) is 0 Å². The van der Waals surface area contributed by atoms with Crippen molar-refractivity contribution in [2.24, 2.45) is 0 Å². The summed E-state index contributed by atoms with van der Waals surface area (Å²) in [6.45, 7) is 2.02. The van der Waals surface area contributed by atoms with Crippen molar-refractivity contribution >= 4 is 22.8 Å². The van der Waals surface area contributed by atoms with Gasteiger partial charge in [-0.1, -0.05) is 55.5 Å². The third kappa shape index (κ3) is 3.80. The van der Waals surface area contributed by atoms with Crippen LogP contribution in [-0.2, 0) is 17.6 Å². The lowest BCUT2D eigenvalue weighted by molar-refractivity contribution is -0.132. The normalized spacial score (nSPS) is 11.6. The van der Waals surface area contributed by atoms with E-state index in [1.807, 2.05) is 55.5 Å². The molecule has 4 heteroatoms. The standard InChI is InChI=1S/C23H22O4/c1-3-16-10-7-11-19-17(14-20(27-2)22(24)21(16)19)13-18(23(25)26)12-15-8-5-4-6-9-15/h4-11,13-14,24H,3,12H2,1-2H3,(H,25,26)/b18-13+. The first-order valence-electron chi connectivity index (χ1n) is 8.84. The number of rotatable bonds is 6. The Kier molecular flexibility index (Phi) is 5.46. The number of methoxy groups -OCH3 is 1. The van der Waals surface area contributed by atoms with Crippen LogP contribution < -0.4 is 4.74 Å². The summed E-state index contributed by atoms with van der Waals surface area (Å²) in [7, 11) is 1.49. The van der Waals surface area contributed by atoms with Crippen LogP contribution >= 0.6 is 0 Å². The fourth-order valence-corrected chi connectivity index (χ4v) is 3.29. The van der Waals surface area contributed by atoms with Crippen molar-refractivity contribution in [1.29, 1.82) is 0 Å². The van der Waals surface area contributed by atoms with Crippen LogP contribution in [0, 0.1) is 0 Å². The molecule has 0 heterocycles. The van der Waals surface area contributed by atoms with E-state index in [4.69, 9.17) is 4.74 Å². The van der Waals surface area contributed by atoms with Gasteiger partial charge in [-0.15, -0.1) is 0 Å². The van der Waals surface area contributed by atoms with Gasteiger partial charge in [-0.25, -0.2) is 4.79 Å². The van der Waals surface area contributed by atoms with Crippen LogP contribution in [0.15, 0.2) is 60.2 Å². The zero-order valence-corrected chi connectivity index (χ0v) is 15.4. The average molecular weight is 362 g/mol. The van der Waals surface area contributed by atoms with Gasteiger partial charge in [-0.3, -0.25) is 0 Å². The van der Waals surface area contributed by atoms with Gasteiger partial charge < -0.3 is 14.9 Å². The molecule has 3 aromatic carbocycles. The van der Waals surface area contributed by atoms with E-state index in [0.29, 0.717) is 23.1 Å². The first-order valence-corrected chi connectivity index (χ1v) is 8.84. The van der Waals surface area contributed by atoms with Gasteiger partial charge >= 0.3 is 5.97 Å². The molecule has 27 heavy (non-hydrogen) atoms. The lowest BCUT2D eigenvalue weighted by Gasteiger charge is -2.14. The van der Waals surface area contributed by atoms with Crippen LogP contribution in [0.5, 0.6) is 11.5 Å². The van der Waals surface area contributed by atoms with E-state index in [2.05, 4.69) is 0 Å². The molecule has 138 valence electrons. The zero-order chi connectivity index (χ0) is 19.4. The number of aryl methyl sites for hydroxylation is 1. The van der Waals surface area contributed by atoms with Crippen LogP contribution in [0.4, 0.5) is 0 Å². The number of ether oxygens (including phenoxy) is 1. The van der Waals surface area contributed by atoms with Crippen molar-refractivity contribution < 1.29 is 19.7 Å². The molecule has 3 rings (SSSR count). The summed E-state index contributed by atoms with van der Waals surface area (Å²) < 4.78 is 5.33. The summed E-state index contributed by atoms with van der Waals surface area (Å²) in [6, 6.07) is 16.9. The number of fused-ring (bicyclic) bond motifs is 1. The fraction of sp³-hybridized carbons (Fsp3) is 0.174. The molecule has 3 aromatic rings. The molecule has 0 aliphatic heterocycles. The van der Waals surface area contributed by atoms with Gasteiger partial charge in [0.1, 0.15) is 0 Å². The highest BCUT2D eigenvalue weighted by Crippen LogP contribution is 2.40. The number of aliphatic carboxylic acids is 1. The highest BCUT2D eigenvalue weighted by Gasteiger charge is 2.16. The molecule has 0 atom stereocenters. The number of carboxylic acid groups (broad SMARTS) is 1. The highest BCUT2D eigenvalue weighted by atomic mass is 16.5. The summed E-state index contributed by atoms with van der Waals surface area (Å²) in [5.74, 6) is -0.549. The second-order valence-corrected chi connectivity index (χ2v) is 6.35. The minimum absolute atomic E-state index is 0.0852. The van der Waals surface area contributed by atoms with Crippen molar-refractivity contribution in [2.75, 3.05) is 7.11 Å². The molecular weight excluding hydrogens is 340 g/mol. The van der Waals surface area contributed by atoms with Crippen molar-refractivity contribution in [2.45, 2.75) is 19.8 Å². The number of phenols is 1. The number of hydrogen-bond donors (Lipinski definition) is 2. The van der Waals surface area contributed by atoms with Crippen LogP contribution in [0.3, 0.4) is 0 Å². The summed E-state index contributed by atoms with van der Waals surface area (Å²) >= 11 is 0. The van der Waals surface area contributed by atoms with Gasteiger partial charge in [0, 0.05) is 17.4 Å². The molecule has 0 unspecified atom stereocenters. The number of carbonyl (C=O) groups is 1.